The first kappa shape index (κ1) is 15.7. The second kappa shape index (κ2) is 6.38. The lowest BCUT2D eigenvalue weighted by molar-refractivity contribution is 0.233. The van der Waals surface area contributed by atoms with Crippen LogP contribution in [0.5, 0.6) is 0 Å². The van der Waals surface area contributed by atoms with Crippen molar-refractivity contribution in [3.05, 3.63) is 33.7 Å². The van der Waals surface area contributed by atoms with Gasteiger partial charge in [-0.3, -0.25) is 4.90 Å². The van der Waals surface area contributed by atoms with Gasteiger partial charge in [-0.15, -0.1) is 5.46 Å². The number of nitrogens with one attached hydrogen (secondary N) is 1. The van der Waals surface area contributed by atoms with Crippen molar-refractivity contribution in [3.63, 3.8) is 0 Å². The zero-order valence-electron chi connectivity index (χ0n) is 11.7. The van der Waals surface area contributed by atoms with Crippen molar-refractivity contribution in [2.75, 3.05) is 26.2 Å². The molecule has 0 radical (unpaired) electrons. The van der Waals surface area contributed by atoms with Crippen molar-refractivity contribution in [1.29, 1.82) is 0 Å². The summed E-state index contributed by atoms with van der Waals surface area (Å²) in [7, 11) is 0. The third-order valence-corrected chi connectivity index (χ3v) is 3.66. The largest absolute Gasteiger partial charge is 0.509 e. The summed E-state index contributed by atoms with van der Waals surface area (Å²) in [4.78, 5) is 4.68. The van der Waals surface area contributed by atoms with E-state index in [1.54, 1.807) is 6.07 Å². The molecule has 0 unspecified atom stereocenters. The van der Waals surface area contributed by atoms with Gasteiger partial charge in [0.15, 0.2) is 0 Å². The third kappa shape index (κ3) is 3.90. The Balaban J connectivity index is 2.38. The molecule has 0 bridgehead atoms. The zero-order valence-corrected chi connectivity index (χ0v) is 11.7. The van der Waals surface area contributed by atoms with Gasteiger partial charge in [0.05, 0.1) is 0 Å². The number of piperazine rings is 1. The minimum atomic E-state index is -5.13. The maximum Gasteiger partial charge on any atom is 0.509 e. The predicted octanol–water partition coefficient (Wildman–Crippen LogP) is 2.40. The van der Waals surface area contributed by atoms with Gasteiger partial charge >= 0.3 is 6.98 Å². The van der Waals surface area contributed by atoms with Crippen molar-refractivity contribution in [3.8, 4) is 0 Å². The minimum absolute atomic E-state index is 0.0161. The molecule has 1 aliphatic heterocycles. The van der Waals surface area contributed by atoms with Gasteiger partial charge in [-0.25, -0.2) is 0 Å². The van der Waals surface area contributed by atoms with Gasteiger partial charge in [-0.2, -0.15) is 0 Å². The van der Waals surface area contributed by atoms with Crippen LogP contribution in [-0.2, 0) is 6.54 Å². The van der Waals surface area contributed by atoms with Crippen molar-refractivity contribution in [2.45, 2.75) is 13.5 Å². The minimum Gasteiger partial charge on any atom is -0.445 e. The van der Waals surface area contributed by atoms with Crippen molar-refractivity contribution in [1.82, 2.24) is 10.2 Å². The van der Waals surface area contributed by atoms with E-state index in [4.69, 9.17) is 5.53 Å². The third-order valence-electron chi connectivity index (χ3n) is 3.66. The van der Waals surface area contributed by atoms with Gasteiger partial charge in [0.2, 0.25) is 0 Å². The zero-order chi connectivity index (χ0) is 15.5. The van der Waals surface area contributed by atoms with E-state index < -0.39 is 12.4 Å². The van der Waals surface area contributed by atoms with E-state index in [-0.39, 0.29) is 11.3 Å². The SMILES string of the molecule is Cc1c(CN2CCNCC2)cc(N=[N+]=[N-])cc1[B-](F)(F)F. The highest BCUT2D eigenvalue weighted by molar-refractivity contribution is 6.74. The Morgan fingerprint density at radius 2 is 2.00 bits per heavy atom. The van der Waals surface area contributed by atoms with Crippen LogP contribution in [0.3, 0.4) is 0 Å². The van der Waals surface area contributed by atoms with Crippen LogP contribution >= 0.6 is 0 Å². The number of halogens is 3. The Morgan fingerprint density at radius 3 is 2.57 bits per heavy atom. The molecule has 0 amide bonds. The van der Waals surface area contributed by atoms with Gasteiger partial charge < -0.3 is 18.3 Å². The first-order valence-corrected chi connectivity index (χ1v) is 6.73. The van der Waals surface area contributed by atoms with Crippen LogP contribution in [0.15, 0.2) is 17.2 Å². The first-order valence-electron chi connectivity index (χ1n) is 6.73. The van der Waals surface area contributed by atoms with Gasteiger partial charge in [0.25, 0.3) is 0 Å². The topological polar surface area (TPSA) is 64.0 Å². The predicted molar refractivity (Wildman–Crippen MR) is 76.8 cm³/mol. The lowest BCUT2D eigenvalue weighted by Crippen LogP contribution is -2.43. The number of benzene rings is 1. The smallest absolute Gasteiger partial charge is 0.445 e. The number of rotatable bonds is 4. The fourth-order valence-electron chi connectivity index (χ4n) is 2.51. The molecule has 1 fully saturated rings. The second-order valence-electron chi connectivity index (χ2n) is 5.11. The Bertz CT molecular complexity index is 563. The summed E-state index contributed by atoms with van der Waals surface area (Å²) in [5.74, 6) is 0. The molecule has 5 nitrogen and oxygen atoms in total. The lowest BCUT2D eigenvalue weighted by Gasteiger charge is -2.29. The summed E-state index contributed by atoms with van der Waals surface area (Å²) in [6.07, 6.45) is 0. The molecule has 1 aromatic carbocycles. The molecule has 1 saturated heterocycles. The highest BCUT2D eigenvalue weighted by Crippen LogP contribution is 2.23. The summed E-state index contributed by atoms with van der Waals surface area (Å²) < 4.78 is 39.4. The van der Waals surface area contributed by atoms with Crippen molar-refractivity contribution in [2.24, 2.45) is 5.11 Å². The van der Waals surface area contributed by atoms with Gasteiger partial charge in [-0.1, -0.05) is 16.7 Å². The second-order valence-corrected chi connectivity index (χ2v) is 5.11. The van der Waals surface area contributed by atoms with E-state index >= 15 is 0 Å². The number of hydrogen-bond donors (Lipinski definition) is 1. The standard InChI is InChI=1S/C12H16BF3N5/c1-9-10(8-21-4-2-18-3-5-21)6-11(19-20-17)7-12(9)13(14,15)16/h6-7,18H,2-5,8H2,1H3/q-1. The van der Waals surface area contributed by atoms with Gasteiger partial charge in [0, 0.05) is 43.3 Å². The molecule has 1 aliphatic rings. The van der Waals surface area contributed by atoms with Crippen LogP contribution in [0.2, 0.25) is 0 Å². The molecule has 2 rings (SSSR count). The van der Waals surface area contributed by atoms with Crippen molar-refractivity contribution < 1.29 is 12.9 Å². The molecule has 1 N–H and O–H groups in total. The van der Waals surface area contributed by atoms with E-state index in [0.29, 0.717) is 12.1 Å². The van der Waals surface area contributed by atoms with Gasteiger partial charge in [-0.05, 0) is 24.1 Å². The Labute approximate surface area is 120 Å². The molecule has 1 aromatic rings. The summed E-state index contributed by atoms with van der Waals surface area (Å²) in [6, 6.07) is 2.47. The molecule has 0 aromatic heterocycles. The maximum absolute atomic E-state index is 13.1. The molecular formula is C12H16BF3N5-. The Morgan fingerprint density at radius 1 is 1.33 bits per heavy atom. The van der Waals surface area contributed by atoms with Gasteiger partial charge in [0.1, 0.15) is 0 Å². The van der Waals surface area contributed by atoms with E-state index in [0.717, 1.165) is 32.2 Å². The Kier molecular flexibility index (Phi) is 4.77. The molecule has 9 heteroatoms. The lowest BCUT2D eigenvalue weighted by atomic mass is 9.75. The molecule has 0 atom stereocenters. The molecular weight excluding hydrogens is 282 g/mol. The molecule has 0 aliphatic carbocycles. The molecule has 0 spiro atoms. The summed E-state index contributed by atoms with van der Waals surface area (Å²) in [5, 5.41) is 6.53. The van der Waals surface area contributed by atoms with Crippen LogP contribution in [0.25, 0.3) is 10.4 Å². The summed E-state index contributed by atoms with van der Waals surface area (Å²) in [6.45, 7) is 0.00641. The van der Waals surface area contributed by atoms with Crippen LogP contribution < -0.4 is 10.8 Å². The molecule has 114 valence electrons. The fourth-order valence-corrected chi connectivity index (χ4v) is 2.51. The molecule has 0 saturated carbocycles. The quantitative estimate of drug-likeness (QED) is 0.401. The molecule has 21 heavy (non-hydrogen) atoms. The number of hydrogen-bond acceptors (Lipinski definition) is 3. The van der Waals surface area contributed by atoms with E-state index in [9.17, 15) is 12.9 Å². The first-order chi connectivity index (χ1) is 9.91. The van der Waals surface area contributed by atoms with E-state index in [1.807, 2.05) is 0 Å². The number of nitrogens with zero attached hydrogens (tertiary/aromatic N) is 4. The van der Waals surface area contributed by atoms with Crippen molar-refractivity contribution >= 4 is 18.1 Å². The Hall–Kier alpha value is -1.70. The maximum atomic E-state index is 13.1. The van der Waals surface area contributed by atoms with E-state index in [1.165, 1.54) is 6.92 Å². The van der Waals surface area contributed by atoms with Crippen LogP contribution in [-0.4, -0.2) is 38.1 Å². The highest BCUT2D eigenvalue weighted by Gasteiger charge is 2.29. The average molecular weight is 298 g/mol. The summed E-state index contributed by atoms with van der Waals surface area (Å²) >= 11 is 0. The highest BCUT2D eigenvalue weighted by atomic mass is 19.4. The number of azide groups is 1. The fraction of sp³-hybridized carbons (Fsp3) is 0.500. The van der Waals surface area contributed by atoms with Crippen LogP contribution in [0, 0.1) is 6.92 Å². The molecule has 1 heterocycles. The van der Waals surface area contributed by atoms with Crippen LogP contribution in [0.4, 0.5) is 18.6 Å². The average Bonchev–Trinajstić information content (AvgIpc) is 2.42. The van der Waals surface area contributed by atoms with Crippen LogP contribution in [0.1, 0.15) is 11.1 Å². The summed E-state index contributed by atoms with van der Waals surface area (Å²) in [5.41, 5.74) is 8.58. The van der Waals surface area contributed by atoms with E-state index in [2.05, 4.69) is 20.2 Å². The monoisotopic (exact) mass is 298 g/mol. The normalized spacial score (nSPS) is 16.6.